The molecule has 3 aromatic rings. The summed E-state index contributed by atoms with van der Waals surface area (Å²) in [6.07, 6.45) is 1.65. The van der Waals surface area contributed by atoms with Crippen molar-refractivity contribution in [1.29, 1.82) is 0 Å². The van der Waals surface area contributed by atoms with E-state index in [4.69, 9.17) is 15.8 Å². The lowest BCUT2D eigenvalue weighted by molar-refractivity contribution is -0.0140. The Morgan fingerprint density at radius 1 is 1.08 bits per heavy atom. The maximum Gasteiger partial charge on any atom is 0.251 e. The van der Waals surface area contributed by atoms with Crippen LogP contribution in [0.25, 0.3) is 20.9 Å². The summed E-state index contributed by atoms with van der Waals surface area (Å²) in [6, 6.07) is 17.2. The smallest absolute Gasteiger partial charge is 0.251 e. The highest BCUT2D eigenvalue weighted by molar-refractivity contribution is 5.95. The lowest BCUT2D eigenvalue weighted by Crippen LogP contribution is -2.28. The van der Waals surface area contributed by atoms with Crippen molar-refractivity contribution >= 4 is 11.6 Å². The number of carbonyl (C=O) groups excluding carboxylic acids is 1. The van der Waals surface area contributed by atoms with Crippen molar-refractivity contribution in [2.45, 2.75) is 38.1 Å². The number of nitrogens with one attached hydrogen (secondary N) is 1. The van der Waals surface area contributed by atoms with Gasteiger partial charge in [-0.25, -0.2) is 4.39 Å². The van der Waals surface area contributed by atoms with Gasteiger partial charge in [0.25, 0.3) is 5.91 Å². The number of rotatable bonds is 11. The summed E-state index contributed by atoms with van der Waals surface area (Å²) in [5.41, 5.74) is 21.7. The second-order valence-corrected chi connectivity index (χ2v) is 9.67. The van der Waals surface area contributed by atoms with E-state index in [1.165, 1.54) is 18.2 Å². The summed E-state index contributed by atoms with van der Waals surface area (Å²) in [6.45, 7) is 1.61. The molecule has 1 aliphatic rings. The number of ether oxygens (including phenoxy) is 1. The molecule has 0 bridgehead atoms. The summed E-state index contributed by atoms with van der Waals surface area (Å²) < 4.78 is 20.1. The molecule has 0 aromatic heterocycles. The van der Waals surface area contributed by atoms with Gasteiger partial charge in [-0.2, -0.15) is 0 Å². The zero-order valence-corrected chi connectivity index (χ0v) is 21.8. The molecule has 1 heterocycles. The van der Waals surface area contributed by atoms with Crippen LogP contribution >= 0.6 is 0 Å². The Hall–Kier alpha value is -4.40. The number of amides is 1. The van der Waals surface area contributed by atoms with Crippen molar-refractivity contribution in [3.63, 3.8) is 0 Å². The van der Waals surface area contributed by atoms with Crippen LogP contribution < -0.4 is 5.32 Å². The van der Waals surface area contributed by atoms with E-state index in [1.807, 2.05) is 32.3 Å². The molecule has 0 radical (unpaired) electrons. The molecule has 3 aromatic carbocycles. The van der Waals surface area contributed by atoms with E-state index in [0.717, 1.165) is 41.6 Å². The first-order chi connectivity index (χ1) is 18.8. The number of nitrogens with zero attached hydrogens (tertiary/aromatic N) is 7. The lowest BCUT2D eigenvalue weighted by Gasteiger charge is -2.31. The molecule has 0 fully saturated rings. The molecule has 0 aliphatic carbocycles. The Kier molecular flexibility index (Phi) is 8.81. The minimum absolute atomic E-state index is 0.0285. The molecule has 0 spiro atoms. The number of fused-ring (bicyclic) bond motifs is 1. The van der Waals surface area contributed by atoms with Gasteiger partial charge in [-0.15, -0.1) is 0 Å². The summed E-state index contributed by atoms with van der Waals surface area (Å²) in [7, 11) is 4.06. The number of azide groups is 2. The van der Waals surface area contributed by atoms with Gasteiger partial charge in [-0.05, 0) is 103 Å². The zero-order chi connectivity index (χ0) is 27.8. The fraction of sp³-hybridized carbons (Fsp3) is 0.321. The van der Waals surface area contributed by atoms with Crippen molar-refractivity contribution in [2.75, 3.05) is 20.6 Å². The summed E-state index contributed by atoms with van der Waals surface area (Å²) >= 11 is 0. The number of halogens is 1. The number of benzene rings is 3. The van der Waals surface area contributed by atoms with Crippen LogP contribution in [-0.2, 0) is 30.0 Å². The first-order valence-electron chi connectivity index (χ1n) is 12.5. The molecule has 11 heteroatoms. The van der Waals surface area contributed by atoms with Crippen molar-refractivity contribution in [1.82, 2.24) is 10.2 Å². The highest BCUT2D eigenvalue weighted by Crippen LogP contribution is 2.45. The van der Waals surface area contributed by atoms with E-state index in [9.17, 15) is 9.18 Å². The first kappa shape index (κ1) is 27.6. The maximum atomic E-state index is 13.7. The van der Waals surface area contributed by atoms with E-state index in [1.54, 1.807) is 24.3 Å². The van der Waals surface area contributed by atoms with E-state index in [0.29, 0.717) is 17.7 Å². The average Bonchev–Trinajstić information content (AvgIpc) is 3.29. The fourth-order valence-electron chi connectivity index (χ4n) is 4.91. The quantitative estimate of drug-likeness (QED) is 0.170. The number of carbonyl (C=O) groups is 1. The molecular formula is C28H29FN8O2. The molecule has 10 nitrogen and oxygen atoms in total. The van der Waals surface area contributed by atoms with Crippen LogP contribution in [0.1, 0.15) is 51.0 Å². The number of hydrogen-bond acceptors (Lipinski definition) is 5. The standard InChI is InChI=1S/C28H29FN8O2/c1-37(2)11-3-10-28(23-5-7-24(29)8-6-23)26-9-4-19(12-22(26)18-39-28)16-32-27(38)21-13-20(17-33-35-30)14-25(15-21)34-36-31/h4-9,12-15H,3,10-11,16-18H2,1-2H3,(H,32,38)/t28-/m0/s1. The van der Waals surface area contributed by atoms with Crippen molar-refractivity contribution < 1.29 is 13.9 Å². The predicted molar refractivity (Wildman–Crippen MR) is 145 cm³/mol. The highest BCUT2D eigenvalue weighted by atomic mass is 19.1. The van der Waals surface area contributed by atoms with Gasteiger partial charge in [-0.3, -0.25) is 4.79 Å². The van der Waals surface area contributed by atoms with Crippen LogP contribution in [0.2, 0.25) is 0 Å². The maximum absolute atomic E-state index is 13.7. The third-order valence-corrected chi connectivity index (χ3v) is 6.69. The van der Waals surface area contributed by atoms with Crippen LogP contribution in [0.5, 0.6) is 0 Å². The molecule has 4 rings (SSSR count). The van der Waals surface area contributed by atoms with E-state index in [-0.39, 0.29) is 30.5 Å². The van der Waals surface area contributed by atoms with E-state index >= 15 is 0 Å². The molecular weight excluding hydrogens is 499 g/mol. The van der Waals surface area contributed by atoms with Crippen LogP contribution in [0.3, 0.4) is 0 Å². The molecule has 200 valence electrons. The van der Waals surface area contributed by atoms with Crippen molar-refractivity contribution in [3.05, 3.63) is 121 Å². The SMILES string of the molecule is CN(C)CCC[C@@]1(c2ccc(F)cc2)OCc2cc(CNC(=O)c3cc(CN=[N+]=[N-])cc(N=[N+]=[N-])c3)ccc21. The summed E-state index contributed by atoms with van der Waals surface area (Å²) in [5, 5.41) is 9.99. The zero-order valence-electron chi connectivity index (χ0n) is 21.8. The van der Waals surface area contributed by atoms with Crippen LogP contribution in [-0.4, -0.2) is 31.4 Å². The topological polar surface area (TPSA) is 139 Å². The highest BCUT2D eigenvalue weighted by Gasteiger charge is 2.41. The van der Waals surface area contributed by atoms with Crippen molar-refractivity contribution in [3.8, 4) is 0 Å². The molecule has 1 N–H and O–H groups in total. The predicted octanol–water partition coefficient (Wildman–Crippen LogP) is 6.62. The van der Waals surface area contributed by atoms with Gasteiger partial charge in [0, 0.05) is 27.6 Å². The normalized spacial score (nSPS) is 15.8. The molecule has 1 atom stereocenters. The second-order valence-electron chi connectivity index (χ2n) is 9.67. The lowest BCUT2D eigenvalue weighted by atomic mass is 9.81. The number of hydrogen-bond donors (Lipinski definition) is 1. The molecule has 1 aliphatic heterocycles. The molecule has 0 unspecified atom stereocenters. The van der Waals surface area contributed by atoms with Crippen LogP contribution in [0.15, 0.2) is 70.9 Å². The van der Waals surface area contributed by atoms with Crippen molar-refractivity contribution in [2.24, 2.45) is 10.2 Å². The van der Waals surface area contributed by atoms with Gasteiger partial charge >= 0.3 is 0 Å². The monoisotopic (exact) mass is 528 g/mol. The van der Waals surface area contributed by atoms with Gasteiger partial charge in [0.2, 0.25) is 0 Å². The Bertz CT molecular complexity index is 1450. The molecule has 0 saturated carbocycles. The molecule has 1 amide bonds. The Morgan fingerprint density at radius 3 is 2.59 bits per heavy atom. The van der Waals surface area contributed by atoms with Crippen LogP contribution in [0.4, 0.5) is 10.1 Å². The third-order valence-electron chi connectivity index (χ3n) is 6.69. The van der Waals surface area contributed by atoms with Gasteiger partial charge in [-0.1, -0.05) is 40.6 Å². The van der Waals surface area contributed by atoms with Gasteiger partial charge in [0.05, 0.1) is 13.2 Å². The van der Waals surface area contributed by atoms with Gasteiger partial charge < -0.3 is 15.0 Å². The largest absolute Gasteiger partial charge is 0.361 e. The summed E-state index contributed by atoms with van der Waals surface area (Å²) in [5.74, 6) is -0.644. The Morgan fingerprint density at radius 2 is 1.87 bits per heavy atom. The average molecular weight is 529 g/mol. The Balaban J connectivity index is 1.54. The molecule has 39 heavy (non-hydrogen) atoms. The molecule has 0 saturated heterocycles. The summed E-state index contributed by atoms with van der Waals surface area (Å²) in [4.78, 5) is 20.6. The van der Waals surface area contributed by atoms with E-state index < -0.39 is 5.60 Å². The minimum atomic E-state index is -0.662. The second kappa shape index (κ2) is 12.4. The van der Waals surface area contributed by atoms with E-state index in [2.05, 4.69) is 30.3 Å². The fourth-order valence-corrected chi connectivity index (χ4v) is 4.91. The van der Waals surface area contributed by atoms with Gasteiger partial charge in [0.15, 0.2) is 0 Å². The van der Waals surface area contributed by atoms with Gasteiger partial charge in [0.1, 0.15) is 11.4 Å². The minimum Gasteiger partial charge on any atom is -0.361 e. The first-order valence-corrected chi connectivity index (χ1v) is 12.5. The van der Waals surface area contributed by atoms with Crippen LogP contribution in [0, 0.1) is 5.82 Å². The third kappa shape index (κ3) is 6.54. The Labute approximate surface area is 225 Å².